The van der Waals surface area contributed by atoms with E-state index in [9.17, 15) is 4.79 Å². The predicted octanol–water partition coefficient (Wildman–Crippen LogP) is 4.26. The average Bonchev–Trinajstić information content (AvgIpc) is 3.11. The lowest BCUT2D eigenvalue weighted by molar-refractivity contribution is -0.133. The van der Waals surface area contributed by atoms with Crippen molar-refractivity contribution in [2.75, 3.05) is 26.2 Å². The monoisotopic (exact) mass is 520 g/mol. The molecule has 1 heterocycles. The van der Waals surface area contributed by atoms with Gasteiger partial charge in [0.25, 0.3) is 0 Å². The third-order valence-electron chi connectivity index (χ3n) is 4.98. The number of guanidine groups is 1. The smallest absolute Gasteiger partial charge is 0.225 e. The molecule has 1 aromatic carbocycles. The Bertz CT molecular complexity index is 636. The fraction of sp³-hybridized carbons (Fsp3) is 0.619. The van der Waals surface area contributed by atoms with Crippen LogP contribution in [0.5, 0.6) is 0 Å². The summed E-state index contributed by atoms with van der Waals surface area (Å²) in [5, 5.41) is 7.59. The van der Waals surface area contributed by atoms with Gasteiger partial charge >= 0.3 is 0 Å². The highest BCUT2D eigenvalue weighted by Gasteiger charge is 2.28. The largest absolute Gasteiger partial charge is 0.357 e. The first-order valence-electron chi connectivity index (χ1n) is 10.0. The summed E-state index contributed by atoms with van der Waals surface area (Å²) in [4.78, 5) is 18.9. The number of carbonyl (C=O) groups is 1. The number of halogens is 2. The number of carbonyl (C=O) groups excluding carboxylic acids is 1. The molecular formula is C21H34ClIN4O. The maximum Gasteiger partial charge on any atom is 0.225 e. The van der Waals surface area contributed by atoms with E-state index in [1.807, 2.05) is 30.9 Å². The van der Waals surface area contributed by atoms with E-state index in [4.69, 9.17) is 16.6 Å². The van der Waals surface area contributed by atoms with E-state index in [0.717, 1.165) is 50.0 Å². The van der Waals surface area contributed by atoms with Crippen LogP contribution in [0.3, 0.4) is 0 Å². The van der Waals surface area contributed by atoms with Crippen LogP contribution in [0.1, 0.15) is 52.0 Å². The summed E-state index contributed by atoms with van der Waals surface area (Å²) < 4.78 is 0. The van der Waals surface area contributed by atoms with E-state index in [1.54, 1.807) is 0 Å². The molecule has 7 heteroatoms. The van der Waals surface area contributed by atoms with Crippen molar-refractivity contribution in [1.29, 1.82) is 0 Å². The van der Waals surface area contributed by atoms with Crippen molar-refractivity contribution >= 4 is 47.4 Å². The minimum atomic E-state index is 0. The molecule has 5 nitrogen and oxygen atoms in total. The molecule has 1 aliphatic heterocycles. The zero-order valence-electron chi connectivity index (χ0n) is 17.4. The van der Waals surface area contributed by atoms with Crippen LogP contribution in [0.2, 0.25) is 5.02 Å². The third-order valence-corrected chi connectivity index (χ3v) is 5.23. The first-order chi connectivity index (χ1) is 12.9. The van der Waals surface area contributed by atoms with Crippen molar-refractivity contribution in [3.05, 3.63) is 34.9 Å². The van der Waals surface area contributed by atoms with E-state index < -0.39 is 0 Å². The number of rotatable bonds is 7. The molecule has 0 spiro atoms. The zero-order chi connectivity index (χ0) is 19.8. The molecule has 2 rings (SSSR count). The van der Waals surface area contributed by atoms with Crippen LogP contribution in [-0.2, 0) is 4.79 Å². The molecule has 2 N–H and O–H groups in total. The van der Waals surface area contributed by atoms with Crippen LogP contribution in [0, 0.1) is 5.92 Å². The number of benzene rings is 1. The number of amides is 1. The molecule has 28 heavy (non-hydrogen) atoms. The lowest BCUT2D eigenvalue weighted by Gasteiger charge is -2.21. The molecule has 0 bridgehead atoms. The summed E-state index contributed by atoms with van der Waals surface area (Å²) in [6.07, 6.45) is 1.97. The van der Waals surface area contributed by atoms with Gasteiger partial charge in [0, 0.05) is 49.1 Å². The zero-order valence-corrected chi connectivity index (χ0v) is 20.5. The Morgan fingerprint density at radius 3 is 2.54 bits per heavy atom. The topological polar surface area (TPSA) is 56.7 Å². The van der Waals surface area contributed by atoms with E-state index in [1.165, 1.54) is 5.56 Å². The van der Waals surface area contributed by atoms with Crippen molar-refractivity contribution in [2.45, 2.75) is 52.5 Å². The second kappa shape index (κ2) is 12.5. The lowest BCUT2D eigenvalue weighted by Crippen LogP contribution is -2.45. The molecule has 0 saturated carbocycles. The van der Waals surface area contributed by atoms with Crippen LogP contribution in [0.4, 0.5) is 0 Å². The molecule has 1 aromatic rings. The average molecular weight is 521 g/mol. The standard InChI is InChI=1S/C21H33ClN4O.HI/c1-5-16(17-7-9-18(22)10-8-17)13-24-21(23-6-2)25-19-11-12-26(14-19)20(27)15(3)4;/h7-10,15-16,19H,5-6,11-14H2,1-4H3,(H2,23,24,25);1H. The van der Waals surface area contributed by atoms with E-state index in [0.29, 0.717) is 5.92 Å². The molecule has 2 atom stereocenters. The molecular weight excluding hydrogens is 487 g/mol. The molecule has 0 aromatic heterocycles. The van der Waals surface area contributed by atoms with Crippen molar-refractivity contribution in [1.82, 2.24) is 15.5 Å². The van der Waals surface area contributed by atoms with Crippen LogP contribution in [-0.4, -0.2) is 49.0 Å². The summed E-state index contributed by atoms with van der Waals surface area (Å²) >= 11 is 6.00. The number of hydrogen-bond donors (Lipinski definition) is 2. The number of nitrogens with one attached hydrogen (secondary N) is 2. The highest BCUT2D eigenvalue weighted by Crippen LogP contribution is 2.22. The van der Waals surface area contributed by atoms with Gasteiger partial charge in [0.2, 0.25) is 5.91 Å². The lowest BCUT2D eigenvalue weighted by atomic mass is 9.97. The van der Waals surface area contributed by atoms with E-state index in [-0.39, 0.29) is 41.8 Å². The van der Waals surface area contributed by atoms with Gasteiger partial charge in [0.1, 0.15) is 0 Å². The van der Waals surface area contributed by atoms with Crippen molar-refractivity contribution in [2.24, 2.45) is 10.9 Å². The Hall–Kier alpha value is -1.02. The van der Waals surface area contributed by atoms with Gasteiger partial charge in [-0.2, -0.15) is 0 Å². The van der Waals surface area contributed by atoms with Gasteiger partial charge in [-0.15, -0.1) is 24.0 Å². The van der Waals surface area contributed by atoms with Crippen LogP contribution in [0.15, 0.2) is 29.3 Å². The van der Waals surface area contributed by atoms with Gasteiger partial charge in [-0.3, -0.25) is 9.79 Å². The highest BCUT2D eigenvalue weighted by molar-refractivity contribution is 14.0. The molecule has 158 valence electrons. The van der Waals surface area contributed by atoms with Gasteiger partial charge in [-0.1, -0.05) is 44.5 Å². The van der Waals surface area contributed by atoms with E-state index >= 15 is 0 Å². The minimum absolute atomic E-state index is 0. The molecule has 1 amide bonds. The van der Waals surface area contributed by atoms with Gasteiger partial charge in [-0.25, -0.2) is 0 Å². The summed E-state index contributed by atoms with van der Waals surface area (Å²) in [5.41, 5.74) is 1.26. The fourth-order valence-electron chi connectivity index (χ4n) is 3.36. The Kier molecular flexibility index (Phi) is 11.2. The van der Waals surface area contributed by atoms with Crippen molar-refractivity contribution in [3.8, 4) is 0 Å². The Balaban J connectivity index is 0.00000392. The van der Waals surface area contributed by atoms with Crippen molar-refractivity contribution < 1.29 is 4.79 Å². The summed E-state index contributed by atoms with van der Waals surface area (Å²) in [6, 6.07) is 8.29. The summed E-state index contributed by atoms with van der Waals surface area (Å²) in [7, 11) is 0. The number of nitrogens with zero attached hydrogens (tertiary/aromatic N) is 2. The van der Waals surface area contributed by atoms with Crippen LogP contribution >= 0.6 is 35.6 Å². The van der Waals surface area contributed by atoms with Crippen molar-refractivity contribution in [3.63, 3.8) is 0 Å². The second-order valence-corrected chi connectivity index (χ2v) is 7.88. The Morgan fingerprint density at radius 2 is 1.96 bits per heavy atom. The number of aliphatic imine (C=N–C) groups is 1. The first kappa shape index (κ1) is 25.0. The third kappa shape index (κ3) is 7.43. The fourth-order valence-corrected chi connectivity index (χ4v) is 3.49. The molecule has 1 saturated heterocycles. The van der Waals surface area contributed by atoms with E-state index in [2.05, 4.69) is 36.6 Å². The SMILES string of the molecule is CCNC(=NCC(CC)c1ccc(Cl)cc1)NC1CCN(C(=O)C(C)C)C1.I. The first-order valence-corrected chi connectivity index (χ1v) is 10.4. The minimum Gasteiger partial charge on any atom is -0.357 e. The van der Waals surface area contributed by atoms with Gasteiger partial charge < -0.3 is 15.5 Å². The van der Waals surface area contributed by atoms with Crippen LogP contribution in [0.25, 0.3) is 0 Å². The maximum absolute atomic E-state index is 12.2. The molecule has 0 aliphatic carbocycles. The number of likely N-dealkylation sites (tertiary alicyclic amines) is 1. The maximum atomic E-state index is 12.2. The molecule has 1 fully saturated rings. The van der Waals surface area contributed by atoms with Gasteiger partial charge in [-0.05, 0) is 37.5 Å². The number of hydrogen-bond acceptors (Lipinski definition) is 2. The van der Waals surface area contributed by atoms with Crippen LogP contribution < -0.4 is 10.6 Å². The highest BCUT2D eigenvalue weighted by atomic mass is 127. The molecule has 1 aliphatic rings. The normalized spacial score (nSPS) is 18.0. The Morgan fingerprint density at radius 1 is 1.29 bits per heavy atom. The summed E-state index contributed by atoms with van der Waals surface area (Å²) in [6.45, 7) is 11.2. The summed E-state index contributed by atoms with van der Waals surface area (Å²) in [5.74, 6) is 1.47. The van der Waals surface area contributed by atoms with Gasteiger partial charge in [0.15, 0.2) is 5.96 Å². The van der Waals surface area contributed by atoms with Gasteiger partial charge in [0.05, 0.1) is 0 Å². The Labute approximate surface area is 191 Å². The molecule has 2 unspecified atom stereocenters. The second-order valence-electron chi connectivity index (χ2n) is 7.45. The predicted molar refractivity (Wildman–Crippen MR) is 129 cm³/mol. The quantitative estimate of drug-likeness (QED) is 0.321. The molecule has 0 radical (unpaired) electrons.